The van der Waals surface area contributed by atoms with Crippen LogP contribution in [0.4, 0.5) is 0 Å². The van der Waals surface area contributed by atoms with E-state index in [1.807, 2.05) is 0 Å². The van der Waals surface area contributed by atoms with E-state index in [9.17, 15) is 0 Å². The molecule has 0 spiro atoms. The second-order valence-corrected chi connectivity index (χ2v) is 2.14. The Balaban J connectivity index is 3.83. The van der Waals surface area contributed by atoms with Gasteiger partial charge in [-0.3, -0.25) is 0 Å². The maximum absolute atomic E-state index is 5.14. The predicted octanol–water partition coefficient (Wildman–Crippen LogP) is 1.90. The third kappa shape index (κ3) is 5.98. The van der Waals surface area contributed by atoms with Crippen LogP contribution in [0.3, 0.4) is 0 Å². The van der Waals surface area contributed by atoms with E-state index in [1.165, 1.54) is 0 Å². The first-order chi connectivity index (χ1) is 5.20. The Morgan fingerprint density at radius 3 is 1.73 bits per heavy atom. The number of ether oxygens (including phenoxy) is 1. The lowest BCUT2D eigenvalue weighted by atomic mass is 10.6. The molecule has 0 aromatic heterocycles. The van der Waals surface area contributed by atoms with E-state index in [2.05, 4.69) is 44.7 Å². The predicted molar refractivity (Wildman–Crippen MR) is 50.1 cm³/mol. The Bertz CT molecular complexity index is 185. The summed E-state index contributed by atoms with van der Waals surface area (Å²) in [5.41, 5.74) is 0. The van der Waals surface area contributed by atoms with Gasteiger partial charge in [0, 0.05) is 0 Å². The lowest BCUT2D eigenvalue weighted by Gasteiger charge is -2.08. The highest BCUT2D eigenvalue weighted by Crippen LogP contribution is 1.98. The van der Waals surface area contributed by atoms with Crippen molar-refractivity contribution < 1.29 is 4.74 Å². The van der Waals surface area contributed by atoms with Crippen molar-refractivity contribution in [3.63, 3.8) is 0 Å². The maximum atomic E-state index is 5.14. The summed E-state index contributed by atoms with van der Waals surface area (Å²) in [5.74, 6) is 0. The summed E-state index contributed by atoms with van der Waals surface area (Å²) in [7, 11) is 0. The summed E-state index contributed by atoms with van der Waals surface area (Å²) in [6.07, 6.45) is -0.649. The van der Waals surface area contributed by atoms with Crippen LogP contribution >= 0.6 is 24.4 Å². The van der Waals surface area contributed by atoms with E-state index in [0.29, 0.717) is 0 Å². The third-order valence-corrected chi connectivity index (χ3v) is 1.07. The highest BCUT2D eigenvalue weighted by molar-refractivity contribution is 7.78. The lowest BCUT2D eigenvalue weighted by Crippen LogP contribution is -2.12. The molecule has 0 saturated heterocycles. The highest BCUT2D eigenvalue weighted by atomic mass is 32.1. The van der Waals surface area contributed by atoms with Gasteiger partial charge in [-0.2, -0.15) is 0 Å². The van der Waals surface area contributed by atoms with Gasteiger partial charge in [-0.05, 0) is 38.3 Å². The first kappa shape index (κ1) is 10.6. The number of isothiocyanates is 2. The molecule has 0 bridgehead atoms. The first-order valence-electron chi connectivity index (χ1n) is 3.00. The molecule has 0 aliphatic rings. The molecule has 0 amide bonds. The van der Waals surface area contributed by atoms with Crippen LogP contribution in [0.15, 0.2) is 9.98 Å². The van der Waals surface area contributed by atoms with Crippen LogP contribution in [0.5, 0.6) is 0 Å². The van der Waals surface area contributed by atoms with Crippen molar-refractivity contribution in [3.05, 3.63) is 0 Å². The molecule has 0 fully saturated rings. The first-order valence-corrected chi connectivity index (χ1v) is 3.81. The molecule has 0 rings (SSSR count). The number of hydrogen-bond acceptors (Lipinski definition) is 5. The van der Waals surface area contributed by atoms with Crippen LogP contribution in [0, 0.1) is 0 Å². The van der Waals surface area contributed by atoms with Crippen LogP contribution in [0.2, 0.25) is 0 Å². The van der Waals surface area contributed by atoms with Gasteiger partial charge in [-0.25, -0.2) is 9.98 Å². The molecule has 2 atom stereocenters. The van der Waals surface area contributed by atoms with E-state index in [0.717, 1.165) is 0 Å². The molecule has 0 aromatic rings. The summed E-state index contributed by atoms with van der Waals surface area (Å²) in [6, 6.07) is 0. The second-order valence-electron chi connectivity index (χ2n) is 1.78. The van der Waals surface area contributed by atoms with Crippen LogP contribution in [0.1, 0.15) is 13.8 Å². The van der Waals surface area contributed by atoms with Crippen molar-refractivity contribution in [3.8, 4) is 0 Å². The third-order valence-electron chi connectivity index (χ3n) is 0.863. The normalized spacial score (nSPS) is 14.0. The Hall–Kier alpha value is -0.440. The standard InChI is InChI=1S/C6H8N2OS2/c1-5(7-3-10)9-6(2)8-4-11/h5-6H,1-2H3. The van der Waals surface area contributed by atoms with Gasteiger partial charge in [-0.1, -0.05) is 0 Å². The largest absolute Gasteiger partial charge is 0.331 e. The fourth-order valence-electron chi connectivity index (χ4n) is 0.494. The molecule has 0 saturated carbocycles. The van der Waals surface area contributed by atoms with Gasteiger partial charge in [0.25, 0.3) is 0 Å². The summed E-state index contributed by atoms with van der Waals surface area (Å²) in [6.45, 7) is 3.49. The molecule has 0 radical (unpaired) electrons. The van der Waals surface area contributed by atoms with Crippen molar-refractivity contribution in [2.24, 2.45) is 9.98 Å². The van der Waals surface area contributed by atoms with Crippen LogP contribution in [0.25, 0.3) is 0 Å². The zero-order valence-electron chi connectivity index (χ0n) is 6.27. The van der Waals surface area contributed by atoms with Gasteiger partial charge in [-0.15, -0.1) is 0 Å². The minimum absolute atomic E-state index is 0.324. The molecule has 3 nitrogen and oxygen atoms in total. The average molecular weight is 188 g/mol. The summed E-state index contributed by atoms with van der Waals surface area (Å²) >= 11 is 8.76. The number of aliphatic imine (C=N–C) groups is 2. The minimum Gasteiger partial charge on any atom is -0.331 e. The Kier molecular flexibility index (Phi) is 6.03. The summed E-state index contributed by atoms with van der Waals surface area (Å²) in [4.78, 5) is 7.34. The molecule has 2 unspecified atom stereocenters. The van der Waals surface area contributed by atoms with Gasteiger partial charge in [0.15, 0.2) is 12.5 Å². The fraction of sp³-hybridized carbons (Fsp3) is 0.667. The van der Waals surface area contributed by atoms with Crippen molar-refractivity contribution in [1.82, 2.24) is 0 Å². The molecule has 11 heavy (non-hydrogen) atoms. The van der Waals surface area contributed by atoms with E-state index >= 15 is 0 Å². The zero-order chi connectivity index (χ0) is 8.69. The molecule has 0 heterocycles. The van der Waals surface area contributed by atoms with Gasteiger partial charge in [0.1, 0.15) is 0 Å². The molecule has 0 aliphatic carbocycles. The number of rotatable bonds is 4. The molecular weight excluding hydrogens is 180 g/mol. The second kappa shape index (κ2) is 6.28. The van der Waals surface area contributed by atoms with Gasteiger partial charge in [0.2, 0.25) is 0 Å². The van der Waals surface area contributed by atoms with Crippen molar-refractivity contribution in [2.75, 3.05) is 0 Å². The Morgan fingerprint density at radius 1 is 1.09 bits per heavy atom. The Labute approximate surface area is 76.2 Å². The van der Waals surface area contributed by atoms with Crippen LogP contribution in [-0.4, -0.2) is 22.8 Å². The summed E-state index contributed by atoms with van der Waals surface area (Å²) < 4.78 is 5.14. The van der Waals surface area contributed by atoms with E-state index in [1.54, 1.807) is 13.8 Å². The quantitative estimate of drug-likeness (QED) is 0.499. The lowest BCUT2D eigenvalue weighted by molar-refractivity contribution is 0.0200. The van der Waals surface area contributed by atoms with Crippen LogP contribution < -0.4 is 0 Å². The molecule has 5 heteroatoms. The molecule has 0 aromatic carbocycles. The Morgan fingerprint density at radius 2 is 1.45 bits per heavy atom. The molecule has 0 aliphatic heterocycles. The number of nitrogens with zero attached hydrogens (tertiary/aromatic N) is 2. The highest BCUT2D eigenvalue weighted by Gasteiger charge is 2.02. The summed E-state index contributed by atoms with van der Waals surface area (Å²) in [5, 5.41) is 4.42. The molecule has 0 N–H and O–H groups in total. The van der Waals surface area contributed by atoms with Gasteiger partial charge in [0.05, 0.1) is 10.3 Å². The monoisotopic (exact) mass is 188 g/mol. The SMILES string of the molecule is CC(N=C=S)OC(C)N=C=S. The molecular formula is C6H8N2OS2. The number of hydrogen-bond donors (Lipinski definition) is 0. The van der Waals surface area contributed by atoms with E-state index in [-0.39, 0.29) is 12.5 Å². The van der Waals surface area contributed by atoms with Gasteiger partial charge < -0.3 is 4.74 Å². The van der Waals surface area contributed by atoms with Crippen molar-refractivity contribution >= 4 is 34.8 Å². The smallest absolute Gasteiger partial charge is 0.158 e. The topological polar surface area (TPSA) is 34.0 Å². The van der Waals surface area contributed by atoms with Crippen LogP contribution in [-0.2, 0) is 4.74 Å². The minimum atomic E-state index is -0.324. The van der Waals surface area contributed by atoms with Crippen molar-refractivity contribution in [2.45, 2.75) is 26.3 Å². The van der Waals surface area contributed by atoms with Gasteiger partial charge >= 0.3 is 0 Å². The molecule has 60 valence electrons. The number of thiocarbonyl (C=S) groups is 2. The van der Waals surface area contributed by atoms with E-state index in [4.69, 9.17) is 4.74 Å². The van der Waals surface area contributed by atoms with Crippen molar-refractivity contribution in [1.29, 1.82) is 0 Å². The fourth-order valence-corrected chi connectivity index (χ4v) is 0.791. The average Bonchev–Trinajstić information content (AvgIpc) is 1.87. The maximum Gasteiger partial charge on any atom is 0.158 e. The zero-order valence-corrected chi connectivity index (χ0v) is 7.91. The van der Waals surface area contributed by atoms with E-state index < -0.39 is 0 Å².